The van der Waals surface area contributed by atoms with Gasteiger partial charge in [0.1, 0.15) is 29.3 Å². The number of methoxy groups -OCH3 is 1. The zero-order valence-electron chi connectivity index (χ0n) is 19.6. The molecule has 0 saturated carbocycles. The van der Waals surface area contributed by atoms with Crippen LogP contribution >= 0.6 is 11.6 Å². The average Bonchev–Trinajstić information content (AvgIpc) is 2.87. The zero-order valence-corrected chi connectivity index (χ0v) is 20.3. The summed E-state index contributed by atoms with van der Waals surface area (Å²) in [6.07, 6.45) is -0.203. The lowest BCUT2D eigenvalue weighted by Crippen LogP contribution is -2.39. The van der Waals surface area contributed by atoms with Gasteiger partial charge in [0.05, 0.1) is 30.3 Å². The number of nitrogens with zero attached hydrogens (tertiary/aromatic N) is 4. The van der Waals surface area contributed by atoms with Crippen LogP contribution in [0.2, 0.25) is 5.02 Å². The lowest BCUT2D eigenvalue weighted by atomic mass is 10.1. The summed E-state index contributed by atoms with van der Waals surface area (Å²) in [6.45, 7) is 3.36. The summed E-state index contributed by atoms with van der Waals surface area (Å²) in [5.41, 5.74) is 1.60. The van der Waals surface area contributed by atoms with Crippen LogP contribution in [0.3, 0.4) is 0 Å². The molecule has 0 bridgehead atoms. The predicted octanol–water partition coefficient (Wildman–Crippen LogP) is 4.68. The summed E-state index contributed by atoms with van der Waals surface area (Å²) in [5.74, 6) is 1.35. The van der Waals surface area contributed by atoms with Crippen molar-refractivity contribution in [2.45, 2.75) is 13.0 Å². The van der Waals surface area contributed by atoms with E-state index in [9.17, 15) is 4.79 Å². The fourth-order valence-corrected chi connectivity index (χ4v) is 4.48. The van der Waals surface area contributed by atoms with Crippen LogP contribution in [0.15, 0.2) is 53.3 Å². The number of hydrogen-bond donors (Lipinski definition) is 0. The van der Waals surface area contributed by atoms with Crippen molar-refractivity contribution < 1.29 is 13.9 Å². The van der Waals surface area contributed by atoms with Crippen molar-refractivity contribution in [1.29, 1.82) is 0 Å². The van der Waals surface area contributed by atoms with Gasteiger partial charge in [-0.25, -0.2) is 14.4 Å². The number of rotatable bonds is 4. The second kappa shape index (κ2) is 9.28. The van der Waals surface area contributed by atoms with E-state index in [0.717, 1.165) is 11.3 Å². The number of pyridine rings is 1. The van der Waals surface area contributed by atoms with Crippen LogP contribution in [0.25, 0.3) is 22.2 Å². The van der Waals surface area contributed by atoms with Crippen molar-refractivity contribution in [3.8, 4) is 17.0 Å². The summed E-state index contributed by atoms with van der Waals surface area (Å²) >= 11 is 5.98. The summed E-state index contributed by atoms with van der Waals surface area (Å²) in [6, 6.07) is 13.9. The smallest absolute Gasteiger partial charge is 0.263 e. The molecule has 2 aromatic carbocycles. The van der Waals surface area contributed by atoms with E-state index in [1.165, 1.54) is 10.6 Å². The Kier molecular flexibility index (Phi) is 6.17. The molecule has 0 radical (unpaired) electrons. The van der Waals surface area contributed by atoms with E-state index < -0.39 is 5.82 Å². The number of morpholine rings is 1. The molecule has 4 aromatic rings. The van der Waals surface area contributed by atoms with Gasteiger partial charge in [-0.05, 0) is 42.8 Å². The Labute approximate surface area is 206 Å². The Morgan fingerprint density at radius 3 is 2.77 bits per heavy atom. The monoisotopic (exact) mass is 494 g/mol. The van der Waals surface area contributed by atoms with Gasteiger partial charge >= 0.3 is 0 Å². The predicted molar refractivity (Wildman–Crippen MR) is 134 cm³/mol. The lowest BCUT2D eigenvalue weighted by molar-refractivity contribution is 0.0394. The van der Waals surface area contributed by atoms with Crippen molar-refractivity contribution in [3.63, 3.8) is 0 Å². The Hall–Kier alpha value is -3.49. The minimum Gasteiger partial charge on any atom is -0.497 e. The number of hydrogen-bond acceptors (Lipinski definition) is 6. The van der Waals surface area contributed by atoms with Crippen molar-refractivity contribution >= 4 is 28.3 Å². The van der Waals surface area contributed by atoms with Crippen LogP contribution in [0, 0.1) is 12.7 Å². The van der Waals surface area contributed by atoms with E-state index in [2.05, 4.69) is 9.88 Å². The number of ether oxygens (including phenoxy) is 2. The van der Waals surface area contributed by atoms with Crippen molar-refractivity contribution in [2.75, 3.05) is 31.7 Å². The normalized spacial score (nSPS) is 16.0. The van der Waals surface area contributed by atoms with Gasteiger partial charge in [0.2, 0.25) is 0 Å². The molecule has 5 rings (SSSR count). The maximum Gasteiger partial charge on any atom is 0.263 e. The highest BCUT2D eigenvalue weighted by Crippen LogP contribution is 2.33. The molecule has 7 nitrogen and oxygen atoms in total. The second-order valence-electron chi connectivity index (χ2n) is 8.45. The van der Waals surface area contributed by atoms with Gasteiger partial charge in [0, 0.05) is 36.8 Å². The SMILES string of the molecule is COc1cccc(C2CN(c3cc4nc(C)n(C)c(=O)c4c(-c4ccc(Cl)cc4F)n3)CCO2)c1. The molecule has 0 aliphatic carbocycles. The first-order chi connectivity index (χ1) is 16.9. The van der Waals surface area contributed by atoms with Crippen LogP contribution in [0.5, 0.6) is 5.75 Å². The van der Waals surface area contributed by atoms with E-state index in [-0.39, 0.29) is 33.3 Å². The number of benzene rings is 2. The minimum absolute atomic E-state index is 0.196. The molecule has 0 amide bonds. The van der Waals surface area contributed by atoms with Gasteiger partial charge in [-0.3, -0.25) is 9.36 Å². The molecule has 3 heterocycles. The molecule has 2 aromatic heterocycles. The van der Waals surface area contributed by atoms with Crippen molar-refractivity contribution in [3.05, 3.63) is 81.1 Å². The summed E-state index contributed by atoms with van der Waals surface area (Å²) in [5, 5.41) is 0.531. The van der Waals surface area contributed by atoms with Gasteiger partial charge in [0.25, 0.3) is 5.56 Å². The first kappa shape index (κ1) is 23.3. The molecule has 0 N–H and O–H groups in total. The van der Waals surface area contributed by atoms with Crippen LogP contribution < -0.4 is 15.2 Å². The summed E-state index contributed by atoms with van der Waals surface area (Å²) in [7, 11) is 3.27. The number of anilines is 1. The number of halogens is 2. The van der Waals surface area contributed by atoms with E-state index >= 15 is 4.39 Å². The molecule has 1 aliphatic rings. The third-order valence-electron chi connectivity index (χ3n) is 6.31. The molecule has 1 saturated heterocycles. The fourth-order valence-electron chi connectivity index (χ4n) is 4.32. The Bertz CT molecular complexity index is 1490. The Morgan fingerprint density at radius 1 is 1.17 bits per heavy atom. The third-order valence-corrected chi connectivity index (χ3v) is 6.55. The Balaban J connectivity index is 1.64. The molecular weight excluding hydrogens is 471 g/mol. The molecular formula is C26H24ClFN4O3. The van der Waals surface area contributed by atoms with Crippen LogP contribution in [-0.4, -0.2) is 41.3 Å². The molecule has 1 atom stereocenters. The number of aromatic nitrogens is 3. The Morgan fingerprint density at radius 2 is 2.00 bits per heavy atom. The number of aryl methyl sites for hydroxylation is 1. The fraction of sp³-hybridized carbons (Fsp3) is 0.269. The highest BCUT2D eigenvalue weighted by atomic mass is 35.5. The van der Waals surface area contributed by atoms with Gasteiger partial charge in [-0.1, -0.05) is 23.7 Å². The maximum absolute atomic E-state index is 15.0. The molecule has 180 valence electrons. The highest BCUT2D eigenvalue weighted by Gasteiger charge is 2.26. The minimum atomic E-state index is -0.553. The number of fused-ring (bicyclic) bond motifs is 1. The van der Waals surface area contributed by atoms with Crippen LogP contribution in [0.4, 0.5) is 10.2 Å². The lowest BCUT2D eigenvalue weighted by Gasteiger charge is -2.34. The third kappa shape index (κ3) is 4.35. The second-order valence-corrected chi connectivity index (χ2v) is 8.89. The van der Waals surface area contributed by atoms with Crippen LogP contribution in [0.1, 0.15) is 17.5 Å². The van der Waals surface area contributed by atoms with Crippen molar-refractivity contribution in [2.24, 2.45) is 7.05 Å². The van der Waals surface area contributed by atoms with E-state index in [1.807, 2.05) is 24.3 Å². The first-order valence-corrected chi connectivity index (χ1v) is 11.6. The van der Waals surface area contributed by atoms with E-state index in [0.29, 0.717) is 36.9 Å². The van der Waals surface area contributed by atoms with Gasteiger partial charge in [-0.15, -0.1) is 0 Å². The van der Waals surface area contributed by atoms with Gasteiger partial charge < -0.3 is 14.4 Å². The quantitative estimate of drug-likeness (QED) is 0.410. The van der Waals surface area contributed by atoms with E-state index in [4.69, 9.17) is 26.1 Å². The molecule has 1 unspecified atom stereocenters. The largest absolute Gasteiger partial charge is 0.497 e. The first-order valence-electron chi connectivity index (χ1n) is 11.2. The zero-order chi connectivity index (χ0) is 24.7. The van der Waals surface area contributed by atoms with E-state index in [1.54, 1.807) is 39.3 Å². The molecule has 35 heavy (non-hydrogen) atoms. The van der Waals surface area contributed by atoms with Crippen molar-refractivity contribution in [1.82, 2.24) is 14.5 Å². The maximum atomic E-state index is 15.0. The molecule has 0 spiro atoms. The average molecular weight is 495 g/mol. The van der Waals surface area contributed by atoms with Crippen LogP contribution in [-0.2, 0) is 11.8 Å². The summed E-state index contributed by atoms with van der Waals surface area (Å²) in [4.78, 5) is 24.7. The standard InChI is InChI=1S/C26H24ClFN4O3/c1-15-29-21-13-23(32-9-10-35-22(14-32)16-5-4-6-18(11-16)34-3)30-25(24(21)26(33)31(15)2)19-8-7-17(27)12-20(19)28/h4-8,11-13,22H,9-10,14H2,1-3H3. The van der Waals surface area contributed by atoms with Gasteiger partial charge in [-0.2, -0.15) is 0 Å². The molecule has 9 heteroatoms. The topological polar surface area (TPSA) is 69.5 Å². The molecule has 1 aliphatic heterocycles. The van der Waals surface area contributed by atoms with Gasteiger partial charge in [0.15, 0.2) is 0 Å². The highest BCUT2D eigenvalue weighted by molar-refractivity contribution is 6.30. The molecule has 1 fully saturated rings. The summed E-state index contributed by atoms with van der Waals surface area (Å²) < 4.78 is 27.8.